The van der Waals surface area contributed by atoms with E-state index in [0.29, 0.717) is 5.88 Å². The molecule has 0 unspecified atom stereocenters. The summed E-state index contributed by atoms with van der Waals surface area (Å²) in [5.41, 5.74) is 5.07. The molecule has 0 atom stereocenters. The average molecular weight is 218 g/mol. The van der Waals surface area contributed by atoms with E-state index in [0.717, 1.165) is 18.4 Å². The average Bonchev–Trinajstić information content (AvgIpc) is 2.73. The predicted octanol–water partition coefficient (Wildman–Crippen LogP) is 3.46. The van der Waals surface area contributed by atoms with E-state index in [1.165, 1.54) is 28.6 Å². The van der Waals surface area contributed by atoms with E-state index in [-0.39, 0.29) is 0 Å². The summed E-state index contributed by atoms with van der Waals surface area (Å²) < 4.78 is 0. The highest BCUT2D eigenvalue weighted by Crippen LogP contribution is 2.30. The third-order valence-corrected chi connectivity index (χ3v) is 3.44. The standard InChI is InChI=1S/C13H12ClN/c14-8-11-9-4-1-2-6-12(9)15-13-7-3-5-10(11)13/h1-2,4,6H,3,5,7-8H2. The molecule has 0 N–H and O–H groups in total. The Morgan fingerprint density at radius 3 is 2.93 bits per heavy atom. The van der Waals surface area contributed by atoms with Gasteiger partial charge in [0.15, 0.2) is 0 Å². The predicted molar refractivity (Wildman–Crippen MR) is 63.3 cm³/mol. The number of pyridine rings is 1. The van der Waals surface area contributed by atoms with Gasteiger partial charge in [0, 0.05) is 17.0 Å². The number of hydrogen-bond donors (Lipinski definition) is 0. The zero-order valence-corrected chi connectivity index (χ0v) is 9.22. The van der Waals surface area contributed by atoms with Crippen LogP contribution < -0.4 is 0 Å². The molecule has 1 aromatic carbocycles. The fraction of sp³-hybridized carbons (Fsp3) is 0.308. The van der Waals surface area contributed by atoms with Crippen LogP contribution in [0, 0.1) is 0 Å². The van der Waals surface area contributed by atoms with E-state index >= 15 is 0 Å². The monoisotopic (exact) mass is 217 g/mol. The van der Waals surface area contributed by atoms with Crippen molar-refractivity contribution in [2.45, 2.75) is 25.1 Å². The van der Waals surface area contributed by atoms with Crippen molar-refractivity contribution in [2.24, 2.45) is 0 Å². The van der Waals surface area contributed by atoms with Crippen LogP contribution in [0.2, 0.25) is 0 Å². The number of para-hydroxylation sites is 1. The SMILES string of the molecule is ClCc1c2c(nc3ccccc13)CCC2. The number of halogens is 1. The number of alkyl halides is 1. The lowest BCUT2D eigenvalue weighted by Crippen LogP contribution is -1.96. The Morgan fingerprint density at radius 2 is 2.07 bits per heavy atom. The number of aryl methyl sites for hydroxylation is 1. The third-order valence-electron chi connectivity index (χ3n) is 3.17. The quantitative estimate of drug-likeness (QED) is 0.667. The maximum Gasteiger partial charge on any atom is 0.0708 e. The largest absolute Gasteiger partial charge is 0.253 e. The van der Waals surface area contributed by atoms with Crippen LogP contribution in [0.3, 0.4) is 0 Å². The molecule has 15 heavy (non-hydrogen) atoms. The molecule has 0 saturated heterocycles. The van der Waals surface area contributed by atoms with Crippen molar-refractivity contribution >= 4 is 22.5 Å². The van der Waals surface area contributed by atoms with E-state index < -0.39 is 0 Å². The van der Waals surface area contributed by atoms with Crippen LogP contribution in [-0.4, -0.2) is 4.98 Å². The summed E-state index contributed by atoms with van der Waals surface area (Å²) in [6.45, 7) is 0. The van der Waals surface area contributed by atoms with Crippen molar-refractivity contribution < 1.29 is 0 Å². The number of nitrogens with zero attached hydrogens (tertiary/aromatic N) is 1. The smallest absolute Gasteiger partial charge is 0.0708 e. The van der Waals surface area contributed by atoms with Crippen molar-refractivity contribution in [1.82, 2.24) is 4.98 Å². The van der Waals surface area contributed by atoms with E-state index in [4.69, 9.17) is 16.6 Å². The molecule has 2 aromatic rings. The topological polar surface area (TPSA) is 12.9 Å². The Labute approximate surface area is 94.1 Å². The molecule has 1 nitrogen and oxygen atoms in total. The lowest BCUT2D eigenvalue weighted by Gasteiger charge is -2.09. The maximum absolute atomic E-state index is 6.06. The molecule has 76 valence electrons. The Balaban J connectivity index is 2.41. The molecule has 0 fully saturated rings. The molecule has 1 aliphatic carbocycles. The van der Waals surface area contributed by atoms with Gasteiger partial charge in [0.05, 0.1) is 5.52 Å². The minimum atomic E-state index is 0.603. The Bertz CT molecular complexity index is 519. The Morgan fingerprint density at radius 1 is 1.20 bits per heavy atom. The van der Waals surface area contributed by atoms with Crippen molar-refractivity contribution in [3.8, 4) is 0 Å². The molecule has 0 aliphatic heterocycles. The number of rotatable bonds is 1. The summed E-state index contributed by atoms with van der Waals surface area (Å²) in [7, 11) is 0. The van der Waals surface area contributed by atoms with E-state index in [1.54, 1.807) is 0 Å². The molecule has 1 aliphatic rings. The molecule has 0 bridgehead atoms. The highest BCUT2D eigenvalue weighted by atomic mass is 35.5. The first-order chi connectivity index (χ1) is 7.40. The van der Waals surface area contributed by atoms with Crippen LogP contribution in [0.25, 0.3) is 10.9 Å². The summed E-state index contributed by atoms with van der Waals surface area (Å²) in [6.07, 6.45) is 3.49. The van der Waals surface area contributed by atoms with E-state index in [9.17, 15) is 0 Å². The minimum Gasteiger partial charge on any atom is -0.253 e. The number of fused-ring (bicyclic) bond motifs is 2. The number of hydrogen-bond acceptors (Lipinski definition) is 1. The first kappa shape index (κ1) is 9.17. The summed E-state index contributed by atoms with van der Waals surface area (Å²) >= 11 is 6.06. The number of aromatic nitrogens is 1. The molecule has 0 radical (unpaired) electrons. The third kappa shape index (κ3) is 1.34. The number of benzene rings is 1. The van der Waals surface area contributed by atoms with E-state index in [1.807, 2.05) is 6.07 Å². The second kappa shape index (κ2) is 3.49. The first-order valence-electron chi connectivity index (χ1n) is 5.35. The highest BCUT2D eigenvalue weighted by Gasteiger charge is 2.18. The molecular formula is C13H12ClN. The summed E-state index contributed by atoms with van der Waals surface area (Å²) in [4.78, 5) is 4.71. The normalized spacial score (nSPS) is 14.5. The minimum absolute atomic E-state index is 0.603. The molecule has 0 amide bonds. The molecule has 0 spiro atoms. The summed E-state index contributed by atoms with van der Waals surface area (Å²) in [5.74, 6) is 0.603. The van der Waals surface area contributed by atoms with Gasteiger partial charge in [0.1, 0.15) is 0 Å². The van der Waals surface area contributed by atoms with Gasteiger partial charge in [-0.05, 0) is 36.5 Å². The molecular weight excluding hydrogens is 206 g/mol. The highest BCUT2D eigenvalue weighted by molar-refractivity contribution is 6.18. The Hall–Kier alpha value is -1.08. The zero-order chi connectivity index (χ0) is 10.3. The first-order valence-corrected chi connectivity index (χ1v) is 5.89. The maximum atomic E-state index is 6.06. The van der Waals surface area contributed by atoms with Gasteiger partial charge in [-0.25, -0.2) is 0 Å². The molecule has 3 rings (SSSR count). The van der Waals surface area contributed by atoms with Crippen LogP contribution >= 0.6 is 11.6 Å². The van der Waals surface area contributed by atoms with Crippen LogP contribution in [0.1, 0.15) is 23.2 Å². The summed E-state index contributed by atoms with van der Waals surface area (Å²) in [5, 5.41) is 1.23. The van der Waals surface area contributed by atoms with Gasteiger partial charge in [0.25, 0.3) is 0 Å². The fourth-order valence-electron chi connectivity index (χ4n) is 2.46. The van der Waals surface area contributed by atoms with Crippen molar-refractivity contribution in [2.75, 3.05) is 0 Å². The van der Waals surface area contributed by atoms with Gasteiger partial charge in [0.2, 0.25) is 0 Å². The summed E-state index contributed by atoms with van der Waals surface area (Å²) in [6, 6.07) is 8.29. The van der Waals surface area contributed by atoms with Crippen molar-refractivity contribution in [3.63, 3.8) is 0 Å². The van der Waals surface area contributed by atoms with Gasteiger partial charge < -0.3 is 0 Å². The van der Waals surface area contributed by atoms with Crippen LogP contribution in [0.5, 0.6) is 0 Å². The van der Waals surface area contributed by atoms with Gasteiger partial charge in [-0.2, -0.15) is 0 Å². The van der Waals surface area contributed by atoms with Crippen molar-refractivity contribution in [3.05, 3.63) is 41.1 Å². The van der Waals surface area contributed by atoms with Gasteiger partial charge in [-0.3, -0.25) is 4.98 Å². The second-order valence-electron chi connectivity index (χ2n) is 4.02. The zero-order valence-electron chi connectivity index (χ0n) is 8.46. The van der Waals surface area contributed by atoms with Crippen LogP contribution in [0.4, 0.5) is 0 Å². The molecule has 2 heteroatoms. The fourth-order valence-corrected chi connectivity index (χ4v) is 2.77. The molecule has 1 aromatic heterocycles. The lowest BCUT2D eigenvalue weighted by molar-refractivity contribution is 0.899. The van der Waals surface area contributed by atoms with Crippen molar-refractivity contribution in [1.29, 1.82) is 0 Å². The Kier molecular flexibility index (Phi) is 2.14. The van der Waals surface area contributed by atoms with Gasteiger partial charge >= 0.3 is 0 Å². The second-order valence-corrected chi connectivity index (χ2v) is 4.29. The molecule has 0 saturated carbocycles. The van der Waals surface area contributed by atoms with Gasteiger partial charge in [-0.1, -0.05) is 18.2 Å². The van der Waals surface area contributed by atoms with E-state index in [2.05, 4.69) is 18.2 Å². The molecule has 1 heterocycles. The van der Waals surface area contributed by atoms with Gasteiger partial charge in [-0.15, -0.1) is 11.6 Å². The van der Waals surface area contributed by atoms with Crippen LogP contribution in [0.15, 0.2) is 24.3 Å². The van der Waals surface area contributed by atoms with Crippen LogP contribution in [-0.2, 0) is 18.7 Å². The lowest BCUT2D eigenvalue weighted by atomic mass is 10.0.